The van der Waals surface area contributed by atoms with Crippen LogP contribution in [0.15, 0.2) is 48.5 Å². The van der Waals surface area contributed by atoms with Gasteiger partial charge in [-0.25, -0.2) is 0 Å². The third-order valence-electron chi connectivity index (χ3n) is 4.49. The molecular formula is C22H26N2O5. The minimum absolute atomic E-state index is 0.294. The number of esters is 1. The molecule has 29 heavy (non-hydrogen) atoms. The minimum atomic E-state index is -0.697. The van der Waals surface area contributed by atoms with Crippen LogP contribution in [0.3, 0.4) is 0 Å². The number of hydrogen-bond donors (Lipinski definition) is 2. The van der Waals surface area contributed by atoms with Crippen molar-refractivity contribution in [3.05, 3.63) is 59.7 Å². The Balaban J connectivity index is 1.79. The number of rotatable bonds is 9. The zero-order valence-electron chi connectivity index (χ0n) is 16.9. The molecule has 0 aliphatic heterocycles. The third kappa shape index (κ3) is 6.64. The molecule has 0 aliphatic rings. The van der Waals surface area contributed by atoms with E-state index in [2.05, 4.69) is 24.5 Å². The summed E-state index contributed by atoms with van der Waals surface area (Å²) < 4.78 is 9.97. The first kappa shape index (κ1) is 21.9. The molecule has 0 bridgehead atoms. The Morgan fingerprint density at radius 1 is 1.03 bits per heavy atom. The highest BCUT2D eigenvalue weighted by molar-refractivity contribution is 5.96. The topological polar surface area (TPSA) is 93.7 Å². The van der Waals surface area contributed by atoms with Crippen LogP contribution >= 0.6 is 0 Å². The second-order valence-electron chi connectivity index (χ2n) is 6.52. The first-order valence-corrected chi connectivity index (χ1v) is 9.41. The molecule has 0 saturated carbocycles. The Morgan fingerprint density at radius 3 is 2.38 bits per heavy atom. The summed E-state index contributed by atoms with van der Waals surface area (Å²) in [4.78, 5) is 36.0. The minimum Gasteiger partial charge on any atom is -0.497 e. The molecule has 2 N–H and O–H groups in total. The molecule has 0 radical (unpaired) electrons. The zero-order valence-corrected chi connectivity index (χ0v) is 16.9. The highest BCUT2D eigenvalue weighted by Crippen LogP contribution is 2.26. The van der Waals surface area contributed by atoms with Crippen molar-refractivity contribution in [2.75, 3.05) is 25.6 Å². The average Bonchev–Trinajstić information content (AvgIpc) is 2.75. The van der Waals surface area contributed by atoms with Gasteiger partial charge >= 0.3 is 5.97 Å². The van der Waals surface area contributed by atoms with E-state index in [1.54, 1.807) is 24.3 Å². The lowest BCUT2D eigenvalue weighted by Gasteiger charge is -2.15. The van der Waals surface area contributed by atoms with Gasteiger partial charge in [0.1, 0.15) is 12.3 Å². The number of nitrogens with one attached hydrogen (secondary N) is 2. The Bertz CT molecular complexity index is 849. The molecule has 7 nitrogen and oxygen atoms in total. The maximum absolute atomic E-state index is 12.1. The van der Waals surface area contributed by atoms with Gasteiger partial charge in [-0.2, -0.15) is 0 Å². The Labute approximate surface area is 170 Å². The smallest absolute Gasteiger partial charge is 0.325 e. The quantitative estimate of drug-likeness (QED) is 0.633. The van der Waals surface area contributed by atoms with Gasteiger partial charge in [0.15, 0.2) is 6.61 Å². The summed E-state index contributed by atoms with van der Waals surface area (Å²) in [7, 11) is 1.53. The number of methoxy groups -OCH3 is 1. The van der Waals surface area contributed by atoms with Crippen molar-refractivity contribution >= 4 is 23.5 Å². The molecule has 2 rings (SSSR count). The number of benzene rings is 2. The predicted octanol–water partition coefficient (Wildman–Crippen LogP) is 3.12. The molecule has 2 aromatic carbocycles. The first-order valence-electron chi connectivity index (χ1n) is 9.41. The predicted molar refractivity (Wildman–Crippen MR) is 110 cm³/mol. The second kappa shape index (κ2) is 10.8. The van der Waals surface area contributed by atoms with Crippen molar-refractivity contribution in [3.8, 4) is 5.75 Å². The van der Waals surface area contributed by atoms with E-state index in [-0.39, 0.29) is 6.54 Å². The molecule has 0 aliphatic carbocycles. The van der Waals surface area contributed by atoms with Gasteiger partial charge in [0.2, 0.25) is 0 Å². The lowest BCUT2D eigenvalue weighted by Crippen LogP contribution is -2.32. The Morgan fingerprint density at radius 2 is 1.72 bits per heavy atom. The fraction of sp³-hybridized carbons (Fsp3) is 0.318. The van der Waals surface area contributed by atoms with Crippen LogP contribution in [0.25, 0.3) is 0 Å². The molecular weight excluding hydrogens is 372 g/mol. The van der Waals surface area contributed by atoms with E-state index in [1.807, 2.05) is 24.3 Å². The summed E-state index contributed by atoms with van der Waals surface area (Å²) in [6, 6.07) is 14.0. The van der Waals surface area contributed by atoms with Gasteiger partial charge < -0.3 is 20.1 Å². The van der Waals surface area contributed by atoms with E-state index in [4.69, 9.17) is 9.47 Å². The van der Waals surface area contributed by atoms with Gasteiger partial charge in [0, 0.05) is 11.3 Å². The van der Waals surface area contributed by atoms with E-state index in [1.165, 1.54) is 7.11 Å². The van der Waals surface area contributed by atoms with Crippen molar-refractivity contribution in [1.29, 1.82) is 0 Å². The van der Waals surface area contributed by atoms with Crippen LogP contribution in [0, 0.1) is 0 Å². The zero-order chi connectivity index (χ0) is 21.2. The monoisotopic (exact) mass is 398 g/mol. The van der Waals surface area contributed by atoms with Crippen LogP contribution in [0.1, 0.15) is 42.1 Å². The van der Waals surface area contributed by atoms with Crippen LogP contribution < -0.4 is 15.4 Å². The first-order chi connectivity index (χ1) is 13.9. The number of anilines is 1. The molecule has 2 aromatic rings. The molecule has 0 heterocycles. The van der Waals surface area contributed by atoms with E-state index >= 15 is 0 Å². The van der Waals surface area contributed by atoms with Crippen LogP contribution in [0.4, 0.5) is 5.69 Å². The highest BCUT2D eigenvalue weighted by Gasteiger charge is 2.14. The molecule has 0 aromatic heterocycles. The number of para-hydroxylation sites is 1. The fourth-order valence-corrected chi connectivity index (χ4v) is 2.64. The molecule has 154 valence electrons. The largest absolute Gasteiger partial charge is 0.497 e. The van der Waals surface area contributed by atoms with Gasteiger partial charge in [0.25, 0.3) is 11.8 Å². The number of carbonyl (C=O) groups is 3. The fourth-order valence-electron chi connectivity index (χ4n) is 2.64. The summed E-state index contributed by atoms with van der Waals surface area (Å²) in [6.45, 7) is 3.40. The Kier molecular flexibility index (Phi) is 8.21. The van der Waals surface area contributed by atoms with E-state index in [0.717, 1.165) is 12.0 Å². The Hall–Kier alpha value is -3.35. The molecule has 1 atom stereocenters. The number of ether oxygens (including phenoxy) is 2. The summed E-state index contributed by atoms with van der Waals surface area (Å²) in [5.41, 5.74) is 2.12. The van der Waals surface area contributed by atoms with Crippen molar-refractivity contribution in [3.63, 3.8) is 0 Å². The molecule has 7 heteroatoms. The summed E-state index contributed by atoms with van der Waals surface area (Å²) in [6.07, 6.45) is 0.940. The van der Waals surface area contributed by atoms with E-state index in [0.29, 0.717) is 22.9 Å². The lowest BCUT2D eigenvalue weighted by molar-refractivity contribution is -0.146. The van der Waals surface area contributed by atoms with Gasteiger partial charge in [-0.05, 0) is 48.2 Å². The molecule has 0 spiro atoms. The third-order valence-corrected chi connectivity index (χ3v) is 4.49. The van der Waals surface area contributed by atoms with E-state index < -0.39 is 24.4 Å². The number of carbonyl (C=O) groups excluding carboxylic acids is 3. The van der Waals surface area contributed by atoms with Crippen molar-refractivity contribution in [1.82, 2.24) is 5.32 Å². The molecule has 0 fully saturated rings. The second-order valence-corrected chi connectivity index (χ2v) is 6.52. The highest BCUT2D eigenvalue weighted by atomic mass is 16.5. The van der Waals surface area contributed by atoms with Crippen molar-refractivity contribution in [2.45, 2.75) is 26.2 Å². The normalized spacial score (nSPS) is 11.3. The van der Waals surface area contributed by atoms with Crippen molar-refractivity contribution < 1.29 is 23.9 Å². The van der Waals surface area contributed by atoms with Crippen LogP contribution in [-0.4, -0.2) is 38.0 Å². The van der Waals surface area contributed by atoms with Crippen LogP contribution in [0.5, 0.6) is 5.75 Å². The van der Waals surface area contributed by atoms with Gasteiger partial charge in [-0.15, -0.1) is 0 Å². The summed E-state index contributed by atoms with van der Waals surface area (Å²) in [5, 5.41) is 5.22. The summed E-state index contributed by atoms with van der Waals surface area (Å²) >= 11 is 0. The maximum atomic E-state index is 12.1. The lowest BCUT2D eigenvalue weighted by atomic mass is 9.97. The number of hydrogen-bond acceptors (Lipinski definition) is 5. The van der Waals surface area contributed by atoms with Crippen LogP contribution in [0.2, 0.25) is 0 Å². The molecule has 0 unspecified atom stereocenters. The van der Waals surface area contributed by atoms with Gasteiger partial charge in [-0.3, -0.25) is 14.4 Å². The SMILES string of the molecule is CC[C@H](C)c1ccccc1NC(=O)COC(=O)CNC(=O)c1ccc(OC)cc1. The molecule has 2 amide bonds. The van der Waals surface area contributed by atoms with Gasteiger partial charge in [-0.1, -0.05) is 32.0 Å². The van der Waals surface area contributed by atoms with E-state index in [9.17, 15) is 14.4 Å². The average molecular weight is 398 g/mol. The number of amides is 2. The van der Waals surface area contributed by atoms with Crippen molar-refractivity contribution in [2.24, 2.45) is 0 Å². The molecule has 0 saturated heterocycles. The standard InChI is InChI=1S/C22H26N2O5/c1-4-15(2)18-7-5-6-8-19(18)24-20(25)14-29-21(26)13-23-22(27)16-9-11-17(28-3)12-10-16/h5-12,15H,4,13-14H2,1-3H3,(H,23,27)(H,24,25)/t15-/m0/s1. The van der Waals surface area contributed by atoms with Gasteiger partial charge in [0.05, 0.1) is 7.11 Å². The maximum Gasteiger partial charge on any atom is 0.325 e. The van der Waals surface area contributed by atoms with Crippen LogP contribution in [-0.2, 0) is 14.3 Å². The summed E-state index contributed by atoms with van der Waals surface area (Å²) in [5.74, 6) is -0.631.